The predicted octanol–water partition coefficient (Wildman–Crippen LogP) is 3.49. The summed E-state index contributed by atoms with van der Waals surface area (Å²) in [6, 6.07) is 8.47. The van der Waals surface area contributed by atoms with Gasteiger partial charge in [0.15, 0.2) is 0 Å². The third-order valence-corrected chi connectivity index (χ3v) is 3.32. The summed E-state index contributed by atoms with van der Waals surface area (Å²) in [4.78, 5) is 13.3. The summed E-state index contributed by atoms with van der Waals surface area (Å²) < 4.78 is 4.62. The van der Waals surface area contributed by atoms with Gasteiger partial charge in [0.2, 0.25) is 0 Å². The molecule has 0 aromatic heterocycles. The lowest BCUT2D eigenvalue weighted by Gasteiger charge is -2.16. The van der Waals surface area contributed by atoms with Crippen LogP contribution in [0.1, 0.15) is 36.8 Å². The van der Waals surface area contributed by atoms with Crippen molar-refractivity contribution >= 4 is 12.0 Å². The molecule has 3 nitrogen and oxygen atoms in total. The van der Waals surface area contributed by atoms with Crippen molar-refractivity contribution in [2.45, 2.75) is 32.2 Å². The Morgan fingerprint density at radius 2 is 1.95 bits per heavy atom. The fourth-order valence-corrected chi connectivity index (χ4v) is 2.08. The van der Waals surface area contributed by atoms with Crippen LogP contribution in [-0.2, 0) is 16.1 Å². The van der Waals surface area contributed by atoms with Gasteiger partial charge in [0.05, 0.1) is 7.11 Å². The van der Waals surface area contributed by atoms with E-state index in [4.69, 9.17) is 0 Å². The van der Waals surface area contributed by atoms with Gasteiger partial charge < -0.3 is 9.64 Å². The Morgan fingerprint density at radius 1 is 1.25 bits per heavy atom. The van der Waals surface area contributed by atoms with E-state index in [1.807, 2.05) is 6.08 Å². The first-order valence-corrected chi connectivity index (χ1v) is 7.12. The van der Waals surface area contributed by atoms with Crippen LogP contribution in [0.2, 0.25) is 0 Å². The molecule has 0 atom stereocenters. The van der Waals surface area contributed by atoms with Gasteiger partial charge in [-0.05, 0) is 37.6 Å². The van der Waals surface area contributed by atoms with Crippen molar-refractivity contribution < 1.29 is 9.53 Å². The Hall–Kier alpha value is -1.61. The first kappa shape index (κ1) is 16.4. The summed E-state index contributed by atoms with van der Waals surface area (Å²) in [7, 11) is 3.56. The molecule has 0 amide bonds. The van der Waals surface area contributed by atoms with E-state index in [1.54, 1.807) is 0 Å². The van der Waals surface area contributed by atoms with Gasteiger partial charge in [-0.3, -0.25) is 4.79 Å². The largest absolute Gasteiger partial charge is 0.469 e. The number of unbranched alkanes of at least 4 members (excludes halogenated alkanes) is 2. The van der Waals surface area contributed by atoms with E-state index >= 15 is 0 Å². The van der Waals surface area contributed by atoms with E-state index in [0.717, 1.165) is 37.9 Å². The average molecular weight is 275 g/mol. The lowest BCUT2D eigenvalue weighted by Crippen LogP contribution is -2.19. The highest BCUT2D eigenvalue weighted by Crippen LogP contribution is 2.09. The van der Waals surface area contributed by atoms with Gasteiger partial charge in [0.25, 0.3) is 0 Å². The molecule has 3 heteroatoms. The van der Waals surface area contributed by atoms with Crippen molar-refractivity contribution in [2.75, 3.05) is 20.7 Å². The standard InChI is InChI=1S/C17H25NO2/c1-4-15-9-11-16(12-10-15)14-18(2)13-7-5-6-8-17(19)20-3/h4,9-12H,1,5-8,13-14H2,2-3H3. The number of carbonyl (C=O) groups excluding carboxylic acids is 1. The normalized spacial score (nSPS) is 10.6. The quantitative estimate of drug-likeness (QED) is 0.510. The smallest absolute Gasteiger partial charge is 0.305 e. The predicted molar refractivity (Wildman–Crippen MR) is 83.4 cm³/mol. The zero-order valence-electron chi connectivity index (χ0n) is 12.6. The van der Waals surface area contributed by atoms with E-state index in [0.29, 0.717) is 6.42 Å². The number of nitrogens with zero attached hydrogens (tertiary/aromatic N) is 1. The zero-order valence-corrected chi connectivity index (χ0v) is 12.6. The molecule has 0 unspecified atom stereocenters. The van der Waals surface area contributed by atoms with E-state index in [2.05, 4.69) is 47.5 Å². The van der Waals surface area contributed by atoms with Crippen LogP contribution in [-0.4, -0.2) is 31.6 Å². The highest BCUT2D eigenvalue weighted by molar-refractivity contribution is 5.68. The summed E-state index contributed by atoms with van der Waals surface area (Å²) >= 11 is 0. The van der Waals surface area contributed by atoms with Crippen LogP contribution in [0, 0.1) is 0 Å². The molecule has 0 N–H and O–H groups in total. The fourth-order valence-electron chi connectivity index (χ4n) is 2.08. The number of carbonyl (C=O) groups is 1. The molecule has 0 fully saturated rings. The van der Waals surface area contributed by atoms with E-state index in [1.165, 1.54) is 12.7 Å². The Balaban J connectivity index is 2.17. The Kier molecular flexibility index (Phi) is 7.66. The van der Waals surface area contributed by atoms with Crippen molar-refractivity contribution in [1.29, 1.82) is 0 Å². The molecule has 0 saturated heterocycles. The molecule has 0 bridgehead atoms. The highest BCUT2D eigenvalue weighted by Gasteiger charge is 2.02. The van der Waals surface area contributed by atoms with Crippen molar-refractivity contribution in [3.05, 3.63) is 42.0 Å². The van der Waals surface area contributed by atoms with Crippen LogP contribution in [0.25, 0.3) is 6.08 Å². The van der Waals surface area contributed by atoms with Crippen LogP contribution in [0.3, 0.4) is 0 Å². The maximum absolute atomic E-state index is 11.0. The maximum Gasteiger partial charge on any atom is 0.305 e. The van der Waals surface area contributed by atoms with E-state index in [9.17, 15) is 4.79 Å². The number of rotatable bonds is 9. The second-order valence-corrected chi connectivity index (χ2v) is 5.07. The minimum Gasteiger partial charge on any atom is -0.469 e. The molecule has 1 aromatic rings. The number of hydrogen-bond donors (Lipinski definition) is 0. The molecule has 0 saturated carbocycles. The molecule has 1 rings (SSSR count). The van der Waals surface area contributed by atoms with Gasteiger partial charge >= 0.3 is 5.97 Å². The SMILES string of the molecule is C=Cc1ccc(CN(C)CCCCCC(=O)OC)cc1. The number of hydrogen-bond acceptors (Lipinski definition) is 3. The minimum atomic E-state index is -0.110. The van der Waals surface area contributed by atoms with Crippen LogP contribution < -0.4 is 0 Å². The molecular weight excluding hydrogens is 250 g/mol. The second kappa shape index (κ2) is 9.32. The van der Waals surface area contributed by atoms with Crippen molar-refractivity contribution in [3.8, 4) is 0 Å². The Bertz CT molecular complexity index is 412. The summed E-state index contributed by atoms with van der Waals surface area (Å²) in [6.07, 6.45) is 5.47. The first-order valence-electron chi connectivity index (χ1n) is 7.12. The van der Waals surface area contributed by atoms with Crippen LogP contribution in [0.4, 0.5) is 0 Å². The van der Waals surface area contributed by atoms with Gasteiger partial charge in [0.1, 0.15) is 0 Å². The van der Waals surface area contributed by atoms with Gasteiger partial charge in [-0.2, -0.15) is 0 Å². The molecule has 0 aliphatic rings. The van der Waals surface area contributed by atoms with Crippen molar-refractivity contribution in [3.63, 3.8) is 0 Å². The summed E-state index contributed by atoms with van der Waals surface area (Å²) in [5.74, 6) is -0.110. The lowest BCUT2D eigenvalue weighted by atomic mass is 10.1. The fraction of sp³-hybridized carbons (Fsp3) is 0.471. The van der Waals surface area contributed by atoms with Crippen molar-refractivity contribution in [2.24, 2.45) is 0 Å². The first-order chi connectivity index (χ1) is 9.65. The summed E-state index contributed by atoms with van der Waals surface area (Å²) in [6.45, 7) is 5.75. The number of ether oxygens (including phenoxy) is 1. The molecule has 0 radical (unpaired) electrons. The average Bonchev–Trinajstić information content (AvgIpc) is 2.47. The third kappa shape index (κ3) is 6.53. The molecular formula is C17H25NO2. The van der Waals surface area contributed by atoms with Crippen LogP contribution in [0.15, 0.2) is 30.8 Å². The molecule has 0 spiro atoms. The molecule has 0 aliphatic carbocycles. The maximum atomic E-state index is 11.0. The molecule has 0 aliphatic heterocycles. The number of benzene rings is 1. The Morgan fingerprint density at radius 3 is 2.55 bits per heavy atom. The lowest BCUT2D eigenvalue weighted by molar-refractivity contribution is -0.140. The minimum absolute atomic E-state index is 0.110. The molecule has 20 heavy (non-hydrogen) atoms. The molecule has 110 valence electrons. The van der Waals surface area contributed by atoms with Gasteiger partial charge in [0, 0.05) is 13.0 Å². The van der Waals surface area contributed by atoms with Crippen molar-refractivity contribution in [1.82, 2.24) is 4.90 Å². The third-order valence-electron chi connectivity index (χ3n) is 3.32. The monoisotopic (exact) mass is 275 g/mol. The summed E-state index contributed by atoms with van der Waals surface area (Å²) in [5.41, 5.74) is 2.46. The molecule has 1 aromatic carbocycles. The number of esters is 1. The van der Waals surface area contributed by atoms with Gasteiger partial charge in [-0.1, -0.05) is 43.3 Å². The second-order valence-electron chi connectivity index (χ2n) is 5.07. The van der Waals surface area contributed by atoms with E-state index in [-0.39, 0.29) is 5.97 Å². The zero-order chi connectivity index (χ0) is 14.8. The number of methoxy groups -OCH3 is 1. The van der Waals surface area contributed by atoms with Crippen LogP contribution >= 0.6 is 0 Å². The summed E-state index contributed by atoms with van der Waals surface area (Å²) in [5, 5.41) is 0. The van der Waals surface area contributed by atoms with E-state index < -0.39 is 0 Å². The topological polar surface area (TPSA) is 29.5 Å². The van der Waals surface area contributed by atoms with Crippen LogP contribution in [0.5, 0.6) is 0 Å². The Labute approximate surface area is 122 Å². The molecule has 0 heterocycles. The highest BCUT2D eigenvalue weighted by atomic mass is 16.5. The van der Waals surface area contributed by atoms with Gasteiger partial charge in [-0.15, -0.1) is 0 Å². The van der Waals surface area contributed by atoms with Gasteiger partial charge in [-0.25, -0.2) is 0 Å².